The molecule has 0 N–H and O–H groups in total. The lowest BCUT2D eigenvalue weighted by Crippen LogP contribution is -2.35. The number of hydrogen-bond acceptors (Lipinski definition) is 6. The molecule has 192 valence electrons. The molecule has 1 aliphatic heterocycles. The van der Waals surface area contributed by atoms with Crippen LogP contribution < -0.4 is 9.47 Å². The van der Waals surface area contributed by atoms with Gasteiger partial charge in [0.25, 0.3) is 11.8 Å². The van der Waals surface area contributed by atoms with Crippen molar-refractivity contribution < 1.29 is 28.6 Å². The minimum absolute atomic E-state index is 0.134. The second kappa shape index (κ2) is 10.6. The van der Waals surface area contributed by atoms with Gasteiger partial charge in [-0.2, -0.15) is 0 Å². The van der Waals surface area contributed by atoms with E-state index < -0.39 is 23.8 Å². The zero-order chi connectivity index (χ0) is 25.9. The molecule has 1 unspecified atom stereocenters. The lowest BCUT2D eigenvalue weighted by Gasteiger charge is -2.28. The van der Waals surface area contributed by atoms with Gasteiger partial charge in [-0.25, -0.2) is 0 Å². The Morgan fingerprint density at radius 1 is 0.919 bits per heavy atom. The Kier molecular flexibility index (Phi) is 7.12. The van der Waals surface area contributed by atoms with Crippen molar-refractivity contribution >= 4 is 28.6 Å². The molecule has 37 heavy (non-hydrogen) atoms. The molecule has 0 radical (unpaired) electrons. The van der Waals surface area contributed by atoms with Gasteiger partial charge in [-0.05, 0) is 73.2 Å². The van der Waals surface area contributed by atoms with Crippen molar-refractivity contribution in [2.75, 3.05) is 13.7 Å². The third-order valence-corrected chi connectivity index (χ3v) is 7.18. The molecule has 0 spiro atoms. The maximum atomic E-state index is 13.6. The highest BCUT2D eigenvalue weighted by molar-refractivity contribution is 6.23. The van der Waals surface area contributed by atoms with E-state index >= 15 is 0 Å². The molecule has 3 aromatic carbocycles. The van der Waals surface area contributed by atoms with E-state index in [2.05, 4.69) is 0 Å². The van der Waals surface area contributed by atoms with Crippen LogP contribution in [-0.2, 0) is 9.53 Å². The zero-order valence-electron chi connectivity index (χ0n) is 21.2. The number of amides is 2. The Labute approximate surface area is 216 Å². The van der Waals surface area contributed by atoms with E-state index in [-0.39, 0.29) is 12.5 Å². The molecular formula is C30H31NO6. The molecular weight excluding hydrogens is 470 g/mol. The van der Waals surface area contributed by atoms with Gasteiger partial charge in [0.1, 0.15) is 0 Å². The summed E-state index contributed by atoms with van der Waals surface area (Å²) in [4.78, 5) is 40.8. The van der Waals surface area contributed by atoms with Crippen LogP contribution in [0.5, 0.6) is 11.5 Å². The quantitative estimate of drug-likeness (QED) is 0.284. The first-order chi connectivity index (χ1) is 18.0. The van der Waals surface area contributed by atoms with E-state index in [1.807, 2.05) is 37.3 Å². The molecule has 1 heterocycles. The fraction of sp³-hybridized carbons (Fsp3) is 0.367. The Hall–Kier alpha value is -3.87. The van der Waals surface area contributed by atoms with Crippen LogP contribution in [0.2, 0.25) is 0 Å². The summed E-state index contributed by atoms with van der Waals surface area (Å²) in [6.45, 7) is 2.31. The topological polar surface area (TPSA) is 82.1 Å². The van der Waals surface area contributed by atoms with Crippen LogP contribution in [0.4, 0.5) is 0 Å². The smallest absolute Gasteiger partial charge is 0.307 e. The molecule has 1 saturated carbocycles. The van der Waals surface area contributed by atoms with Crippen LogP contribution in [0.1, 0.15) is 77.8 Å². The van der Waals surface area contributed by atoms with Gasteiger partial charge in [0.05, 0.1) is 43.4 Å². The second-order valence-corrected chi connectivity index (χ2v) is 9.54. The van der Waals surface area contributed by atoms with Crippen LogP contribution >= 0.6 is 0 Å². The normalized spacial score (nSPS) is 16.5. The van der Waals surface area contributed by atoms with Crippen molar-refractivity contribution in [2.45, 2.75) is 57.6 Å². The highest BCUT2D eigenvalue weighted by Gasteiger charge is 2.42. The fourth-order valence-electron chi connectivity index (χ4n) is 5.29. The van der Waals surface area contributed by atoms with E-state index in [1.54, 1.807) is 24.3 Å². The van der Waals surface area contributed by atoms with Gasteiger partial charge in [0.2, 0.25) is 0 Å². The first kappa shape index (κ1) is 24.8. The summed E-state index contributed by atoms with van der Waals surface area (Å²) in [5, 5.41) is 1.74. The number of carbonyl (C=O) groups is 3. The molecule has 1 aliphatic carbocycles. The van der Waals surface area contributed by atoms with Crippen molar-refractivity contribution in [1.29, 1.82) is 0 Å². The van der Waals surface area contributed by atoms with Gasteiger partial charge in [-0.15, -0.1) is 0 Å². The maximum Gasteiger partial charge on any atom is 0.307 e. The van der Waals surface area contributed by atoms with Crippen LogP contribution in [0.3, 0.4) is 0 Å². The molecule has 7 heteroatoms. The Morgan fingerprint density at radius 2 is 1.57 bits per heavy atom. The molecule has 5 rings (SSSR count). The third-order valence-electron chi connectivity index (χ3n) is 7.18. The average Bonchev–Trinajstić information content (AvgIpc) is 3.16. The third kappa shape index (κ3) is 4.90. The summed E-state index contributed by atoms with van der Waals surface area (Å²) in [5.74, 6) is -0.224. The van der Waals surface area contributed by atoms with Crippen LogP contribution in [0.15, 0.2) is 54.6 Å². The van der Waals surface area contributed by atoms with Gasteiger partial charge >= 0.3 is 5.97 Å². The van der Waals surface area contributed by atoms with Gasteiger partial charge in [-0.3, -0.25) is 19.3 Å². The van der Waals surface area contributed by atoms with Crippen molar-refractivity contribution in [3.05, 3.63) is 71.3 Å². The van der Waals surface area contributed by atoms with Crippen LogP contribution in [0, 0.1) is 0 Å². The SMILES string of the molecule is CCOc1cc(C(CC(=O)OC)N2C(=O)c3cc4ccccc4cc3C2=O)ccc1OC1CCCCC1. The van der Waals surface area contributed by atoms with Crippen molar-refractivity contribution in [2.24, 2.45) is 0 Å². The number of rotatable bonds is 8. The number of imide groups is 1. The molecule has 3 aromatic rings. The summed E-state index contributed by atoms with van der Waals surface area (Å²) in [6.07, 6.45) is 5.47. The van der Waals surface area contributed by atoms with Gasteiger partial charge in [-0.1, -0.05) is 36.8 Å². The maximum absolute atomic E-state index is 13.6. The number of benzene rings is 3. The summed E-state index contributed by atoms with van der Waals surface area (Å²) >= 11 is 0. The van der Waals surface area contributed by atoms with E-state index in [4.69, 9.17) is 14.2 Å². The number of nitrogens with zero attached hydrogens (tertiary/aromatic N) is 1. The number of esters is 1. The molecule has 0 saturated heterocycles. The zero-order valence-corrected chi connectivity index (χ0v) is 21.2. The summed E-state index contributed by atoms with van der Waals surface area (Å²) in [7, 11) is 1.29. The standard InChI is InChI=1S/C30H31NO6/c1-3-36-27-17-21(13-14-26(27)37-22-11-5-4-6-12-22)25(18-28(32)35-2)31-29(33)23-15-19-9-7-8-10-20(19)16-24(23)30(31)34/h7-10,13-17,22,25H,3-6,11-12,18H2,1-2H3. The number of ether oxygens (including phenoxy) is 3. The highest BCUT2D eigenvalue weighted by Crippen LogP contribution is 2.39. The molecule has 2 amide bonds. The first-order valence-electron chi connectivity index (χ1n) is 12.9. The van der Waals surface area contributed by atoms with Crippen molar-refractivity contribution in [3.8, 4) is 11.5 Å². The Bertz CT molecular complexity index is 1290. The second-order valence-electron chi connectivity index (χ2n) is 9.54. The van der Waals surface area contributed by atoms with Gasteiger partial charge < -0.3 is 14.2 Å². The molecule has 7 nitrogen and oxygen atoms in total. The molecule has 0 aromatic heterocycles. The van der Waals surface area contributed by atoms with Crippen molar-refractivity contribution in [1.82, 2.24) is 4.90 Å². The molecule has 1 atom stereocenters. The van der Waals surface area contributed by atoms with E-state index in [1.165, 1.54) is 18.4 Å². The Morgan fingerprint density at radius 3 is 2.16 bits per heavy atom. The lowest BCUT2D eigenvalue weighted by molar-refractivity contribution is -0.141. The van der Waals surface area contributed by atoms with Gasteiger partial charge in [0.15, 0.2) is 11.5 Å². The molecule has 0 bridgehead atoms. The Balaban J connectivity index is 1.52. The van der Waals surface area contributed by atoms with E-state index in [9.17, 15) is 14.4 Å². The van der Waals surface area contributed by atoms with E-state index in [0.717, 1.165) is 36.5 Å². The molecule has 2 aliphatic rings. The summed E-state index contributed by atoms with van der Waals surface area (Å²) < 4.78 is 17.1. The van der Waals surface area contributed by atoms with Crippen molar-refractivity contribution in [3.63, 3.8) is 0 Å². The molecule has 1 fully saturated rings. The predicted octanol–water partition coefficient (Wildman–Crippen LogP) is 5.85. The minimum Gasteiger partial charge on any atom is -0.490 e. The van der Waals surface area contributed by atoms with Gasteiger partial charge in [0, 0.05) is 0 Å². The largest absolute Gasteiger partial charge is 0.490 e. The number of fused-ring (bicyclic) bond motifs is 2. The minimum atomic E-state index is -0.856. The van der Waals surface area contributed by atoms with Crippen LogP contribution in [0.25, 0.3) is 10.8 Å². The average molecular weight is 502 g/mol. The number of methoxy groups -OCH3 is 1. The summed E-state index contributed by atoms with van der Waals surface area (Å²) in [5.41, 5.74) is 1.27. The van der Waals surface area contributed by atoms with E-state index in [0.29, 0.717) is 34.8 Å². The first-order valence-corrected chi connectivity index (χ1v) is 12.9. The lowest BCUT2D eigenvalue weighted by atomic mass is 9.97. The predicted molar refractivity (Wildman–Crippen MR) is 139 cm³/mol. The highest BCUT2D eigenvalue weighted by atomic mass is 16.5. The summed E-state index contributed by atoms with van der Waals surface area (Å²) in [6, 6.07) is 15.6. The number of hydrogen-bond donors (Lipinski definition) is 0. The number of carbonyl (C=O) groups excluding carboxylic acids is 3. The monoisotopic (exact) mass is 501 g/mol. The fourth-order valence-corrected chi connectivity index (χ4v) is 5.29. The van der Waals surface area contributed by atoms with Crippen LogP contribution in [-0.4, -0.2) is 42.5 Å².